The highest BCUT2D eigenvalue weighted by Gasteiger charge is 2.08. The maximum atomic E-state index is 4.27. The molecule has 1 aromatic heterocycles. The molecule has 0 aliphatic carbocycles. The van der Waals surface area contributed by atoms with Crippen LogP contribution >= 0.6 is 12.6 Å². The summed E-state index contributed by atoms with van der Waals surface area (Å²) >= 11 is 4.27. The lowest BCUT2D eigenvalue weighted by atomic mass is 10.1. The molecule has 0 amide bonds. The predicted octanol–water partition coefficient (Wildman–Crippen LogP) is 7.24. The van der Waals surface area contributed by atoms with E-state index in [2.05, 4.69) is 65.7 Å². The van der Waals surface area contributed by atoms with Crippen LogP contribution in [0.2, 0.25) is 0 Å². The average Bonchev–Trinajstić information content (AvgIpc) is 2.97. The van der Waals surface area contributed by atoms with Crippen molar-refractivity contribution in [2.75, 3.05) is 5.75 Å². The fourth-order valence-corrected chi connectivity index (χ4v) is 4.09. The molecule has 0 spiro atoms. The van der Waals surface area contributed by atoms with Crippen molar-refractivity contribution in [2.45, 2.75) is 64.3 Å². The number of fused-ring (bicyclic) bond motifs is 3. The number of thiol groups is 1. The van der Waals surface area contributed by atoms with E-state index >= 15 is 0 Å². The minimum absolute atomic E-state index is 1.04. The summed E-state index contributed by atoms with van der Waals surface area (Å²) in [6.45, 7) is 1.13. The van der Waals surface area contributed by atoms with E-state index in [0.29, 0.717) is 0 Å². The molecule has 134 valence electrons. The van der Waals surface area contributed by atoms with Crippen LogP contribution in [-0.2, 0) is 6.54 Å². The van der Waals surface area contributed by atoms with Crippen LogP contribution in [0.4, 0.5) is 0 Å². The summed E-state index contributed by atoms with van der Waals surface area (Å²) in [5, 5.41) is 2.78. The van der Waals surface area contributed by atoms with Gasteiger partial charge in [-0.2, -0.15) is 12.6 Å². The van der Waals surface area contributed by atoms with E-state index in [4.69, 9.17) is 0 Å². The summed E-state index contributed by atoms with van der Waals surface area (Å²) in [7, 11) is 0. The van der Waals surface area contributed by atoms with Gasteiger partial charge >= 0.3 is 0 Å². The topological polar surface area (TPSA) is 4.93 Å². The smallest absolute Gasteiger partial charge is 0.0491 e. The summed E-state index contributed by atoms with van der Waals surface area (Å²) in [6, 6.07) is 17.6. The number of rotatable bonds is 11. The zero-order valence-electron chi connectivity index (χ0n) is 15.3. The van der Waals surface area contributed by atoms with Crippen LogP contribution in [0.5, 0.6) is 0 Å². The number of nitrogens with zero attached hydrogens (tertiary/aromatic N) is 1. The van der Waals surface area contributed by atoms with Gasteiger partial charge in [-0.25, -0.2) is 0 Å². The minimum atomic E-state index is 1.04. The third kappa shape index (κ3) is 4.82. The number of aromatic nitrogens is 1. The van der Waals surface area contributed by atoms with E-state index in [9.17, 15) is 0 Å². The van der Waals surface area contributed by atoms with Crippen LogP contribution in [-0.4, -0.2) is 10.3 Å². The largest absolute Gasteiger partial charge is 0.340 e. The third-order valence-electron chi connectivity index (χ3n) is 5.22. The molecule has 0 saturated carbocycles. The Morgan fingerprint density at radius 3 is 1.52 bits per heavy atom. The Labute approximate surface area is 157 Å². The van der Waals surface area contributed by atoms with Crippen LogP contribution in [0, 0.1) is 0 Å². The summed E-state index contributed by atoms with van der Waals surface area (Å²) in [5.41, 5.74) is 2.76. The van der Waals surface area contributed by atoms with Crippen molar-refractivity contribution in [2.24, 2.45) is 0 Å². The second-order valence-electron chi connectivity index (χ2n) is 7.09. The van der Waals surface area contributed by atoms with Gasteiger partial charge in [0.1, 0.15) is 0 Å². The van der Waals surface area contributed by atoms with E-state index in [1.54, 1.807) is 0 Å². The first kappa shape index (κ1) is 18.4. The standard InChI is InChI=1S/C23H31NS/c25-19-13-7-5-3-1-2-4-6-12-18-24-22-16-10-8-14-20(22)21-15-9-11-17-23(21)24/h8-11,14-17,25H,1-7,12-13,18-19H2. The van der Waals surface area contributed by atoms with Crippen molar-refractivity contribution in [1.82, 2.24) is 4.57 Å². The van der Waals surface area contributed by atoms with Gasteiger partial charge in [0, 0.05) is 28.4 Å². The van der Waals surface area contributed by atoms with Crippen LogP contribution in [0.3, 0.4) is 0 Å². The van der Waals surface area contributed by atoms with Crippen LogP contribution < -0.4 is 0 Å². The van der Waals surface area contributed by atoms with E-state index in [1.807, 2.05) is 0 Å². The SMILES string of the molecule is SCCCCCCCCCCCn1c2ccccc2c2ccccc21. The Hall–Kier alpha value is -1.41. The molecule has 0 aliphatic heterocycles. The second-order valence-corrected chi connectivity index (χ2v) is 7.54. The molecule has 0 aliphatic rings. The lowest BCUT2D eigenvalue weighted by Gasteiger charge is -2.07. The monoisotopic (exact) mass is 353 g/mol. The Morgan fingerprint density at radius 1 is 0.560 bits per heavy atom. The molecule has 0 atom stereocenters. The van der Waals surface area contributed by atoms with Gasteiger partial charge in [-0.1, -0.05) is 81.3 Å². The zero-order valence-corrected chi connectivity index (χ0v) is 16.2. The van der Waals surface area contributed by atoms with E-state index in [0.717, 1.165) is 12.3 Å². The van der Waals surface area contributed by atoms with E-state index in [1.165, 1.54) is 79.6 Å². The number of aryl methyl sites for hydroxylation is 1. The van der Waals surface area contributed by atoms with Gasteiger partial charge in [-0.3, -0.25) is 0 Å². The molecule has 1 heterocycles. The van der Waals surface area contributed by atoms with Gasteiger partial charge in [-0.05, 0) is 30.7 Å². The van der Waals surface area contributed by atoms with E-state index < -0.39 is 0 Å². The Balaban J connectivity index is 1.47. The number of para-hydroxylation sites is 2. The van der Waals surface area contributed by atoms with Gasteiger partial charge < -0.3 is 4.57 Å². The zero-order chi connectivity index (χ0) is 17.3. The normalized spacial score (nSPS) is 11.6. The van der Waals surface area contributed by atoms with Crippen molar-refractivity contribution in [1.29, 1.82) is 0 Å². The quantitative estimate of drug-likeness (QED) is 0.274. The van der Waals surface area contributed by atoms with Gasteiger partial charge in [-0.15, -0.1) is 0 Å². The van der Waals surface area contributed by atoms with Gasteiger partial charge in [0.05, 0.1) is 0 Å². The Kier molecular flexibility index (Phi) is 7.29. The molecule has 0 fully saturated rings. The first-order valence-corrected chi connectivity index (χ1v) is 10.6. The second kappa shape index (κ2) is 9.91. The molecule has 3 rings (SSSR count). The molecule has 0 saturated heterocycles. The molecule has 0 unspecified atom stereocenters. The highest BCUT2D eigenvalue weighted by Crippen LogP contribution is 2.29. The van der Waals surface area contributed by atoms with E-state index in [-0.39, 0.29) is 0 Å². The lowest BCUT2D eigenvalue weighted by Crippen LogP contribution is -1.97. The maximum absolute atomic E-state index is 4.27. The van der Waals surface area contributed by atoms with Gasteiger partial charge in [0.2, 0.25) is 0 Å². The van der Waals surface area contributed by atoms with Crippen LogP contribution in [0.25, 0.3) is 21.8 Å². The molecule has 0 N–H and O–H groups in total. The minimum Gasteiger partial charge on any atom is -0.340 e. The number of hydrogen-bond acceptors (Lipinski definition) is 1. The van der Waals surface area contributed by atoms with Crippen LogP contribution in [0.15, 0.2) is 48.5 Å². The first-order chi connectivity index (χ1) is 12.4. The van der Waals surface area contributed by atoms with Gasteiger partial charge in [0.15, 0.2) is 0 Å². The van der Waals surface area contributed by atoms with Crippen molar-refractivity contribution >= 4 is 34.4 Å². The Bertz CT molecular complexity index is 721. The number of benzene rings is 2. The highest BCUT2D eigenvalue weighted by molar-refractivity contribution is 7.80. The van der Waals surface area contributed by atoms with Crippen molar-refractivity contribution in [3.8, 4) is 0 Å². The molecule has 2 aromatic carbocycles. The first-order valence-electron chi connectivity index (χ1n) is 9.98. The number of unbranched alkanes of at least 4 members (excludes halogenated alkanes) is 8. The fourth-order valence-electron chi connectivity index (χ4n) is 3.86. The predicted molar refractivity (Wildman–Crippen MR) is 115 cm³/mol. The summed E-state index contributed by atoms with van der Waals surface area (Å²) in [4.78, 5) is 0. The fraction of sp³-hybridized carbons (Fsp3) is 0.478. The lowest BCUT2D eigenvalue weighted by molar-refractivity contribution is 0.547. The average molecular weight is 354 g/mol. The molecular weight excluding hydrogens is 322 g/mol. The maximum Gasteiger partial charge on any atom is 0.0491 e. The number of hydrogen-bond donors (Lipinski definition) is 1. The highest BCUT2D eigenvalue weighted by atomic mass is 32.1. The van der Waals surface area contributed by atoms with Crippen LogP contribution in [0.1, 0.15) is 57.8 Å². The molecule has 25 heavy (non-hydrogen) atoms. The molecule has 2 heteroatoms. The molecular formula is C23H31NS. The van der Waals surface area contributed by atoms with Gasteiger partial charge in [0.25, 0.3) is 0 Å². The molecule has 0 radical (unpaired) electrons. The Morgan fingerprint density at radius 2 is 1.00 bits per heavy atom. The van der Waals surface area contributed by atoms with Crippen molar-refractivity contribution in [3.05, 3.63) is 48.5 Å². The third-order valence-corrected chi connectivity index (χ3v) is 5.54. The summed E-state index contributed by atoms with van der Waals surface area (Å²) in [5.74, 6) is 1.04. The molecule has 1 nitrogen and oxygen atoms in total. The van der Waals surface area contributed by atoms with Crippen molar-refractivity contribution < 1.29 is 0 Å². The summed E-state index contributed by atoms with van der Waals surface area (Å²) < 4.78 is 2.52. The molecule has 3 aromatic rings. The van der Waals surface area contributed by atoms with Crippen molar-refractivity contribution in [3.63, 3.8) is 0 Å². The summed E-state index contributed by atoms with van der Waals surface area (Å²) in [6.07, 6.45) is 12.2. The molecule has 0 bridgehead atoms.